The Kier molecular flexibility index (Phi) is 2.96. The van der Waals surface area contributed by atoms with E-state index in [1.807, 2.05) is 30.3 Å². The van der Waals surface area contributed by atoms with Crippen molar-refractivity contribution in [1.29, 1.82) is 0 Å². The number of anilines is 3. The van der Waals surface area contributed by atoms with E-state index in [9.17, 15) is 5.48 Å². The summed E-state index contributed by atoms with van der Waals surface area (Å²) in [6.07, 6.45) is 0. The molecule has 9 rings (SSSR count). The first-order chi connectivity index (χ1) is 28.0. The number of fused-ring (bicyclic) bond motifs is 8. The van der Waals surface area contributed by atoms with E-state index in [0.29, 0.717) is 21.9 Å². The molecule has 0 aliphatic carbocycles. The maximum absolute atomic E-state index is 9.55. The van der Waals surface area contributed by atoms with Gasteiger partial charge in [-0.05, 0) is 71.0 Å². The van der Waals surface area contributed by atoms with Gasteiger partial charge in [-0.1, -0.05) is 96.8 Å². The summed E-state index contributed by atoms with van der Waals surface area (Å²) in [4.78, 5) is 1.09. The number of rotatable bonds is 4. The topological polar surface area (TPSA) is 16.4 Å². The highest BCUT2D eigenvalue weighted by atomic mass is 32.1. The second kappa shape index (κ2) is 9.59. The first-order valence-electron chi connectivity index (χ1n) is 21.2. The standard InChI is InChI=1S/C40H25NOS/c1-2-11-28(12-3-1)41(34-16-9-17-35-39(34)33-25-22-26-10-4-5-13-31(26)40(33)42-35)29-23-20-27(21-24-29)30-15-8-19-37-38(30)32-14-6-7-18-36(32)43-37/h1-25H/i1D,2D,3D,6D,7D,8D,11D,12D,14D,15D,18D,19D,20D,21D,23D,24D. The highest BCUT2D eigenvalue weighted by molar-refractivity contribution is 7.25. The molecule has 202 valence electrons. The van der Waals surface area contributed by atoms with E-state index in [-0.39, 0.29) is 31.4 Å². The Morgan fingerprint density at radius 2 is 1.35 bits per heavy atom. The summed E-state index contributed by atoms with van der Waals surface area (Å²) in [6, 6.07) is 5.45. The van der Waals surface area contributed by atoms with Crippen LogP contribution in [-0.4, -0.2) is 0 Å². The maximum Gasteiger partial charge on any atom is 0.143 e. The van der Waals surface area contributed by atoms with Crippen molar-refractivity contribution >= 4 is 81.3 Å². The minimum Gasteiger partial charge on any atom is -0.455 e. The molecule has 7 aromatic carbocycles. The highest BCUT2D eigenvalue weighted by Crippen LogP contribution is 2.45. The van der Waals surface area contributed by atoms with E-state index in [0.717, 1.165) is 27.0 Å². The Labute approximate surface area is 275 Å². The summed E-state index contributed by atoms with van der Waals surface area (Å²) in [5.41, 5.74) is -0.983. The number of hydrogen-bond donors (Lipinski definition) is 0. The van der Waals surface area contributed by atoms with E-state index in [4.69, 9.17) is 20.9 Å². The van der Waals surface area contributed by atoms with Gasteiger partial charge in [-0.25, -0.2) is 0 Å². The van der Waals surface area contributed by atoms with Crippen LogP contribution < -0.4 is 4.90 Å². The monoisotopic (exact) mass is 583 g/mol. The third-order valence-electron chi connectivity index (χ3n) is 7.35. The first-order valence-corrected chi connectivity index (χ1v) is 14.0. The molecule has 0 bridgehead atoms. The lowest BCUT2D eigenvalue weighted by molar-refractivity contribution is 0.672. The molecule has 2 aromatic heterocycles. The summed E-state index contributed by atoms with van der Waals surface area (Å²) >= 11 is 0.789. The van der Waals surface area contributed by atoms with E-state index in [1.54, 1.807) is 24.3 Å². The minimum absolute atomic E-state index is 0.0122. The second-order valence-corrected chi connectivity index (χ2v) is 10.7. The lowest BCUT2D eigenvalue weighted by atomic mass is 9.99. The van der Waals surface area contributed by atoms with Crippen molar-refractivity contribution in [2.45, 2.75) is 0 Å². The quantitative estimate of drug-likeness (QED) is 0.205. The van der Waals surface area contributed by atoms with Gasteiger partial charge in [0.05, 0.1) is 33.0 Å². The lowest BCUT2D eigenvalue weighted by Crippen LogP contribution is -2.10. The SMILES string of the molecule is [2H]c1c([2H])c([2H])c(N(c2c([2H])c([2H])c(-c3c([2H])c([2H])c([2H])c4sc5c([2H])c([2H])c([2H])c([2H])c5c34)c([2H])c2[2H])c2cccc3oc4c5ccccc5ccc4c23)c([2H])c1[2H]. The van der Waals surface area contributed by atoms with Crippen LogP contribution in [0.25, 0.3) is 64.0 Å². The van der Waals surface area contributed by atoms with Gasteiger partial charge in [0.25, 0.3) is 0 Å². The van der Waals surface area contributed by atoms with Crippen molar-refractivity contribution < 1.29 is 26.3 Å². The van der Waals surface area contributed by atoms with Crippen molar-refractivity contribution in [3.63, 3.8) is 0 Å². The van der Waals surface area contributed by atoms with Crippen LogP contribution in [0.15, 0.2) is 156 Å². The fourth-order valence-electron chi connectivity index (χ4n) is 5.52. The first kappa shape index (κ1) is 13.3. The number of hydrogen-bond acceptors (Lipinski definition) is 3. The number of benzene rings is 7. The molecule has 0 aliphatic rings. The maximum atomic E-state index is 9.55. The Morgan fingerprint density at radius 3 is 2.26 bits per heavy atom. The zero-order valence-corrected chi connectivity index (χ0v) is 22.8. The van der Waals surface area contributed by atoms with E-state index in [2.05, 4.69) is 0 Å². The minimum atomic E-state index is -0.765. The summed E-state index contributed by atoms with van der Waals surface area (Å²) in [5, 5.41) is 2.32. The molecule has 0 aliphatic heterocycles. The Balaban J connectivity index is 1.43. The normalized spacial score (nSPS) is 16.9. The summed E-state index contributed by atoms with van der Waals surface area (Å²) in [5.74, 6) is 0. The average Bonchev–Trinajstić information content (AvgIpc) is 3.83. The van der Waals surface area contributed by atoms with Crippen LogP contribution in [0.3, 0.4) is 0 Å². The van der Waals surface area contributed by atoms with Crippen LogP contribution in [0.2, 0.25) is 0 Å². The van der Waals surface area contributed by atoms with Gasteiger partial charge in [0.15, 0.2) is 0 Å². The molecule has 2 heterocycles. The fraction of sp³-hybridized carbons (Fsp3) is 0. The van der Waals surface area contributed by atoms with Crippen LogP contribution in [0, 0.1) is 0 Å². The lowest BCUT2D eigenvalue weighted by Gasteiger charge is -2.26. The zero-order valence-electron chi connectivity index (χ0n) is 38.0. The van der Waals surface area contributed by atoms with Crippen molar-refractivity contribution in [1.82, 2.24) is 0 Å². The largest absolute Gasteiger partial charge is 0.455 e. The van der Waals surface area contributed by atoms with Gasteiger partial charge in [-0.3, -0.25) is 0 Å². The molecule has 0 atom stereocenters. The van der Waals surface area contributed by atoms with E-state index in [1.165, 1.54) is 0 Å². The van der Waals surface area contributed by atoms with Gasteiger partial charge < -0.3 is 9.32 Å². The van der Waals surface area contributed by atoms with Gasteiger partial charge >= 0.3 is 0 Å². The molecule has 43 heavy (non-hydrogen) atoms. The molecular formula is C40H25NOS. The molecule has 0 unspecified atom stereocenters. The molecule has 0 fully saturated rings. The Bertz CT molecular complexity index is 3320. The van der Waals surface area contributed by atoms with Crippen molar-refractivity contribution in [2.24, 2.45) is 0 Å². The van der Waals surface area contributed by atoms with Crippen LogP contribution in [0.1, 0.15) is 21.9 Å². The third kappa shape index (κ3) is 3.79. The van der Waals surface area contributed by atoms with Crippen LogP contribution in [0.4, 0.5) is 17.1 Å². The Morgan fingerprint density at radius 1 is 0.558 bits per heavy atom. The zero-order chi connectivity index (χ0) is 42.3. The van der Waals surface area contributed by atoms with Crippen molar-refractivity contribution in [3.8, 4) is 11.1 Å². The van der Waals surface area contributed by atoms with Crippen LogP contribution in [0.5, 0.6) is 0 Å². The molecule has 0 amide bonds. The number of furan rings is 1. The smallest absolute Gasteiger partial charge is 0.143 e. The van der Waals surface area contributed by atoms with Gasteiger partial charge in [0.2, 0.25) is 0 Å². The summed E-state index contributed by atoms with van der Waals surface area (Å²) < 4.78 is 148. The molecule has 0 radical (unpaired) electrons. The van der Waals surface area contributed by atoms with Gasteiger partial charge in [0.1, 0.15) is 11.2 Å². The third-order valence-corrected chi connectivity index (χ3v) is 8.37. The molecule has 9 aromatic rings. The molecule has 3 heteroatoms. The second-order valence-electron chi connectivity index (χ2n) is 9.71. The Hall–Kier alpha value is -5.38. The number of thiophene rings is 1. The van der Waals surface area contributed by atoms with Gasteiger partial charge in [-0.2, -0.15) is 0 Å². The van der Waals surface area contributed by atoms with Crippen molar-refractivity contribution in [3.05, 3.63) is 151 Å². The average molecular weight is 584 g/mol. The van der Waals surface area contributed by atoms with Crippen molar-refractivity contribution in [2.75, 3.05) is 4.90 Å². The molecular weight excluding hydrogens is 543 g/mol. The summed E-state index contributed by atoms with van der Waals surface area (Å²) in [6.45, 7) is 0. The highest BCUT2D eigenvalue weighted by Gasteiger charge is 2.20. The fourth-order valence-corrected chi connectivity index (χ4v) is 6.49. The van der Waals surface area contributed by atoms with Gasteiger partial charge in [-0.15, -0.1) is 11.3 Å². The predicted molar refractivity (Wildman–Crippen MR) is 184 cm³/mol. The van der Waals surface area contributed by atoms with E-state index < -0.39 is 114 Å². The molecule has 0 N–H and O–H groups in total. The molecule has 0 saturated heterocycles. The van der Waals surface area contributed by atoms with Crippen LogP contribution >= 0.6 is 11.3 Å². The molecule has 0 saturated carbocycles. The van der Waals surface area contributed by atoms with E-state index >= 15 is 0 Å². The van der Waals surface area contributed by atoms with Gasteiger partial charge in [0, 0.05) is 42.3 Å². The van der Waals surface area contributed by atoms with Crippen LogP contribution in [-0.2, 0) is 0 Å². The number of para-hydroxylation sites is 1. The molecule has 0 spiro atoms. The summed E-state index contributed by atoms with van der Waals surface area (Å²) in [7, 11) is 0. The molecule has 2 nitrogen and oxygen atoms in total. The number of nitrogens with zero attached hydrogens (tertiary/aromatic N) is 1. The predicted octanol–water partition coefficient (Wildman–Crippen LogP) is 12.2.